The fraction of sp³-hybridized carbons (Fsp3) is 0.333. The maximum atomic E-state index is 8.90. The maximum Gasteiger partial charge on any atom is 0.127 e. The molecule has 0 spiro atoms. The van der Waals surface area contributed by atoms with E-state index in [-0.39, 0.29) is 6.61 Å². The van der Waals surface area contributed by atoms with E-state index in [9.17, 15) is 0 Å². The number of aliphatic hydroxyl groups is 1. The minimum absolute atomic E-state index is 0.145. The molecule has 0 aliphatic rings. The average molecular weight is 154 g/mol. The lowest BCUT2D eigenvalue weighted by Gasteiger charge is -2.23. The highest BCUT2D eigenvalue weighted by Crippen LogP contribution is 2.12. The van der Waals surface area contributed by atoms with Crippen LogP contribution in [0, 0.1) is 0 Å². The lowest BCUT2D eigenvalue weighted by atomic mass is 10.1. The Bertz CT molecular complexity index is 142. The molecule has 0 saturated carbocycles. The molecule has 0 bridgehead atoms. The third-order valence-corrected chi connectivity index (χ3v) is 1.41. The minimum Gasteiger partial charge on any atom is -0.393 e. The normalized spacial score (nSPS) is 10.6. The van der Waals surface area contributed by atoms with E-state index in [4.69, 9.17) is 9.84 Å². The molecule has 0 aromatic rings. The number of rotatable bonds is 6. The van der Waals surface area contributed by atoms with Gasteiger partial charge in [-0.05, 0) is 0 Å². The molecule has 0 aliphatic carbocycles. The molecule has 0 aromatic heterocycles. The van der Waals surface area contributed by atoms with Gasteiger partial charge in [-0.2, -0.15) is 0 Å². The van der Waals surface area contributed by atoms with Gasteiger partial charge in [0.15, 0.2) is 0 Å². The maximum absolute atomic E-state index is 8.90. The lowest BCUT2D eigenvalue weighted by molar-refractivity contribution is 0.00345. The molecule has 0 rings (SSSR count). The molecule has 2 nitrogen and oxygen atoms in total. The smallest absolute Gasteiger partial charge is 0.127 e. The van der Waals surface area contributed by atoms with Gasteiger partial charge in [0, 0.05) is 0 Å². The highest BCUT2D eigenvalue weighted by atomic mass is 16.5. The molecule has 2 heteroatoms. The van der Waals surface area contributed by atoms with Crippen molar-refractivity contribution in [2.45, 2.75) is 5.60 Å². The van der Waals surface area contributed by atoms with E-state index >= 15 is 0 Å². The van der Waals surface area contributed by atoms with Crippen LogP contribution in [0.1, 0.15) is 0 Å². The van der Waals surface area contributed by atoms with Crippen LogP contribution < -0.4 is 0 Å². The van der Waals surface area contributed by atoms with Gasteiger partial charge < -0.3 is 9.84 Å². The third-order valence-electron chi connectivity index (χ3n) is 1.41. The minimum atomic E-state index is -0.811. The molecule has 0 fully saturated rings. The van der Waals surface area contributed by atoms with Crippen LogP contribution in [0.2, 0.25) is 0 Å². The molecule has 0 unspecified atom stereocenters. The van der Waals surface area contributed by atoms with Crippen molar-refractivity contribution in [2.24, 2.45) is 0 Å². The molecule has 0 atom stereocenters. The Morgan fingerprint density at radius 2 is 1.82 bits per heavy atom. The van der Waals surface area contributed by atoms with Gasteiger partial charge in [0.05, 0.1) is 13.2 Å². The molecule has 0 saturated heterocycles. The van der Waals surface area contributed by atoms with Crippen molar-refractivity contribution in [3.8, 4) is 0 Å². The monoisotopic (exact) mass is 154 g/mol. The van der Waals surface area contributed by atoms with Crippen molar-refractivity contribution in [3.63, 3.8) is 0 Å². The topological polar surface area (TPSA) is 29.5 Å². The van der Waals surface area contributed by atoms with Gasteiger partial charge in [0.2, 0.25) is 0 Å². The summed E-state index contributed by atoms with van der Waals surface area (Å²) >= 11 is 0. The third kappa shape index (κ3) is 2.70. The van der Waals surface area contributed by atoms with E-state index in [0.29, 0.717) is 6.61 Å². The zero-order valence-corrected chi connectivity index (χ0v) is 6.62. The van der Waals surface area contributed by atoms with Crippen LogP contribution in [0.5, 0.6) is 0 Å². The van der Waals surface area contributed by atoms with Crippen LogP contribution in [-0.2, 0) is 4.74 Å². The number of ether oxygens (including phenoxy) is 1. The van der Waals surface area contributed by atoms with Crippen molar-refractivity contribution in [1.29, 1.82) is 0 Å². The fourth-order valence-electron chi connectivity index (χ4n) is 0.590. The van der Waals surface area contributed by atoms with Gasteiger partial charge in [0.25, 0.3) is 0 Å². The summed E-state index contributed by atoms with van der Waals surface area (Å²) in [5, 5.41) is 8.90. The Morgan fingerprint density at radius 1 is 1.27 bits per heavy atom. The summed E-state index contributed by atoms with van der Waals surface area (Å²) in [5.74, 6) is 0. The van der Waals surface area contributed by atoms with E-state index in [1.807, 2.05) is 0 Å². The standard InChI is InChI=1S/C9H14O2/c1-4-7-11-9(5-2,6-3)8-10/h4-6,10H,1-3,7-8H2. The molecule has 1 N–H and O–H groups in total. The van der Waals surface area contributed by atoms with Crippen molar-refractivity contribution >= 4 is 0 Å². The van der Waals surface area contributed by atoms with Crippen LogP contribution in [-0.4, -0.2) is 23.9 Å². The van der Waals surface area contributed by atoms with Crippen LogP contribution in [0.15, 0.2) is 38.0 Å². The van der Waals surface area contributed by atoms with Gasteiger partial charge >= 0.3 is 0 Å². The Labute approximate surface area is 67.5 Å². The summed E-state index contributed by atoms with van der Waals surface area (Å²) in [6.45, 7) is 10.8. The molecule has 11 heavy (non-hydrogen) atoms. The lowest BCUT2D eigenvalue weighted by Crippen LogP contribution is -2.31. The Morgan fingerprint density at radius 3 is 2.09 bits per heavy atom. The molecular formula is C9H14O2. The SMILES string of the molecule is C=CCOC(C=C)(C=C)CO. The van der Waals surface area contributed by atoms with Gasteiger partial charge in [-0.15, -0.1) is 6.58 Å². The molecule has 0 radical (unpaired) electrons. The van der Waals surface area contributed by atoms with Crippen LogP contribution in [0.3, 0.4) is 0 Å². The number of hydrogen-bond acceptors (Lipinski definition) is 2. The summed E-state index contributed by atoms with van der Waals surface area (Å²) in [6.07, 6.45) is 4.64. The first kappa shape index (κ1) is 10.1. The Hall–Kier alpha value is -0.860. The Kier molecular flexibility index (Phi) is 4.50. The van der Waals surface area contributed by atoms with Crippen molar-refractivity contribution in [1.82, 2.24) is 0 Å². The van der Waals surface area contributed by atoms with Crippen LogP contribution in [0.25, 0.3) is 0 Å². The summed E-state index contributed by atoms with van der Waals surface area (Å²) in [6, 6.07) is 0. The summed E-state index contributed by atoms with van der Waals surface area (Å²) in [7, 11) is 0. The molecule has 0 amide bonds. The highest BCUT2D eigenvalue weighted by molar-refractivity contribution is 5.09. The predicted octanol–water partition coefficient (Wildman–Crippen LogP) is 1.29. The number of aliphatic hydroxyl groups excluding tert-OH is 1. The zero-order chi connectivity index (χ0) is 8.74. The Balaban J connectivity index is 4.15. The zero-order valence-electron chi connectivity index (χ0n) is 6.62. The van der Waals surface area contributed by atoms with Gasteiger partial charge in [0.1, 0.15) is 5.60 Å². The quantitative estimate of drug-likeness (QED) is 0.584. The second kappa shape index (κ2) is 4.88. The van der Waals surface area contributed by atoms with E-state index in [2.05, 4.69) is 19.7 Å². The molecular weight excluding hydrogens is 140 g/mol. The summed E-state index contributed by atoms with van der Waals surface area (Å²) < 4.78 is 5.22. The summed E-state index contributed by atoms with van der Waals surface area (Å²) in [5.41, 5.74) is -0.811. The van der Waals surface area contributed by atoms with E-state index in [1.54, 1.807) is 6.08 Å². The first-order valence-corrected chi connectivity index (χ1v) is 3.37. The number of hydrogen-bond donors (Lipinski definition) is 1. The first-order valence-electron chi connectivity index (χ1n) is 3.37. The second-order valence-corrected chi connectivity index (χ2v) is 2.12. The van der Waals surface area contributed by atoms with E-state index in [1.165, 1.54) is 12.2 Å². The van der Waals surface area contributed by atoms with E-state index < -0.39 is 5.60 Å². The van der Waals surface area contributed by atoms with Gasteiger partial charge in [-0.25, -0.2) is 0 Å². The van der Waals surface area contributed by atoms with Crippen LogP contribution in [0.4, 0.5) is 0 Å². The second-order valence-electron chi connectivity index (χ2n) is 2.12. The fourth-order valence-corrected chi connectivity index (χ4v) is 0.590. The first-order chi connectivity index (χ1) is 5.24. The van der Waals surface area contributed by atoms with Gasteiger partial charge in [-0.3, -0.25) is 0 Å². The van der Waals surface area contributed by atoms with Crippen molar-refractivity contribution in [2.75, 3.05) is 13.2 Å². The predicted molar refractivity (Wildman–Crippen MR) is 46.4 cm³/mol. The van der Waals surface area contributed by atoms with Crippen LogP contribution >= 0.6 is 0 Å². The molecule has 62 valence electrons. The van der Waals surface area contributed by atoms with Crippen molar-refractivity contribution < 1.29 is 9.84 Å². The van der Waals surface area contributed by atoms with Gasteiger partial charge in [-0.1, -0.05) is 31.4 Å². The largest absolute Gasteiger partial charge is 0.393 e. The average Bonchev–Trinajstić information content (AvgIpc) is 2.08. The highest BCUT2D eigenvalue weighted by Gasteiger charge is 2.20. The summed E-state index contributed by atoms with van der Waals surface area (Å²) in [4.78, 5) is 0. The van der Waals surface area contributed by atoms with E-state index in [0.717, 1.165) is 0 Å². The molecule has 0 aromatic carbocycles. The molecule has 0 heterocycles. The molecule has 0 aliphatic heterocycles. The van der Waals surface area contributed by atoms with Crippen molar-refractivity contribution in [3.05, 3.63) is 38.0 Å².